The van der Waals surface area contributed by atoms with E-state index in [-0.39, 0.29) is 0 Å². The fraction of sp³-hybridized carbons (Fsp3) is 0.529. The molecule has 0 radical (unpaired) electrons. The second-order valence-electron chi connectivity index (χ2n) is 5.57. The van der Waals surface area contributed by atoms with E-state index < -0.39 is 0 Å². The van der Waals surface area contributed by atoms with E-state index >= 15 is 0 Å². The van der Waals surface area contributed by atoms with Crippen molar-refractivity contribution in [2.75, 3.05) is 6.54 Å². The Morgan fingerprint density at radius 3 is 2.67 bits per heavy atom. The molecule has 4 heteroatoms. The lowest BCUT2D eigenvalue weighted by Gasteiger charge is -2.12. The molecule has 1 aromatic heterocycles. The van der Waals surface area contributed by atoms with Crippen LogP contribution in [0, 0.1) is 13.8 Å². The van der Waals surface area contributed by atoms with Gasteiger partial charge in [-0.05, 0) is 43.5 Å². The average molecular weight is 287 g/mol. The van der Waals surface area contributed by atoms with Crippen molar-refractivity contribution in [3.8, 4) is 0 Å². The van der Waals surface area contributed by atoms with Crippen LogP contribution in [0.15, 0.2) is 22.7 Å². The summed E-state index contributed by atoms with van der Waals surface area (Å²) in [6.45, 7) is 9.49. The lowest BCUT2D eigenvalue weighted by atomic mass is 10.0. The van der Waals surface area contributed by atoms with Crippen molar-refractivity contribution >= 4 is 0 Å². The Bertz CT molecular complexity index is 577. The largest absolute Gasteiger partial charge is 0.339 e. The van der Waals surface area contributed by atoms with Crippen LogP contribution in [-0.4, -0.2) is 22.7 Å². The van der Waals surface area contributed by atoms with Gasteiger partial charge in [0.25, 0.3) is 0 Å². The minimum Gasteiger partial charge on any atom is -0.339 e. The minimum atomic E-state index is 0.407. The molecule has 114 valence electrons. The molecular formula is C17H25N3O. The first kappa shape index (κ1) is 15.7. The van der Waals surface area contributed by atoms with Crippen molar-refractivity contribution in [3.05, 3.63) is 46.6 Å². The SMILES string of the molecule is CCNC(CC)Cc1nc(Cc2ccc(C)c(C)c2)no1. The molecule has 0 aliphatic rings. The molecule has 2 aromatic rings. The molecule has 0 aliphatic heterocycles. The summed E-state index contributed by atoms with van der Waals surface area (Å²) in [4.78, 5) is 4.51. The fourth-order valence-corrected chi connectivity index (χ4v) is 2.40. The summed E-state index contributed by atoms with van der Waals surface area (Å²) < 4.78 is 5.37. The van der Waals surface area contributed by atoms with Gasteiger partial charge in [0.2, 0.25) is 5.89 Å². The minimum absolute atomic E-state index is 0.407. The molecule has 0 bridgehead atoms. The van der Waals surface area contributed by atoms with E-state index in [0.29, 0.717) is 6.04 Å². The molecule has 1 N–H and O–H groups in total. The standard InChI is InChI=1S/C17H25N3O/c1-5-15(18-6-2)11-17-19-16(20-21-17)10-14-8-7-12(3)13(4)9-14/h7-9,15,18H,5-6,10-11H2,1-4H3. The molecule has 0 saturated carbocycles. The van der Waals surface area contributed by atoms with Crippen molar-refractivity contribution < 1.29 is 4.52 Å². The highest BCUT2D eigenvalue weighted by Gasteiger charge is 2.12. The number of benzene rings is 1. The van der Waals surface area contributed by atoms with Gasteiger partial charge in [-0.3, -0.25) is 0 Å². The number of hydrogen-bond acceptors (Lipinski definition) is 4. The van der Waals surface area contributed by atoms with Crippen LogP contribution in [0.4, 0.5) is 0 Å². The highest BCUT2D eigenvalue weighted by molar-refractivity contribution is 5.31. The van der Waals surface area contributed by atoms with Gasteiger partial charge in [-0.15, -0.1) is 0 Å². The van der Waals surface area contributed by atoms with Crippen molar-refractivity contribution in [1.29, 1.82) is 0 Å². The predicted molar refractivity (Wildman–Crippen MR) is 84.5 cm³/mol. The Labute approximate surface area is 127 Å². The van der Waals surface area contributed by atoms with Crippen LogP contribution in [0.5, 0.6) is 0 Å². The van der Waals surface area contributed by atoms with E-state index in [0.717, 1.165) is 37.5 Å². The Hall–Kier alpha value is -1.68. The summed E-state index contributed by atoms with van der Waals surface area (Å²) in [6.07, 6.45) is 2.58. The number of nitrogens with one attached hydrogen (secondary N) is 1. The lowest BCUT2D eigenvalue weighted by Crippen LogP contribution is -2.30. The van der Waals surface area contributed by atoms with Gasteiger partial charge in [-0.2, -0.15) is 4.98 Å². The van der Waals surface area contributed by atoms with Gasteiger partial charge >= 0.3 is 0 Å². The zero-order valence-corrected chi connectivity index (χ0v) is 13.4. The van der Waals surface area contributed by atoms with Gasteiger partial charge < -0.3 is 9.84 Å². The number of hydrogen-bond donors (Lipinski definition) is 1. The van der Waals surface area contributed by atoms with Gasteiger partial charge in [0, 0.05) is 18.9 Å². The Balaban J connectivity index is 2.00. The summed E-state index contributed by atoms with van der Waals surface area (Å²) in [7, 11) is 0. The van der Waals surface area contributed by atoms with Gasteiger partial charge in [-0.1, -0.05) is 37.2 Å². The van der Waals surface area contributed by atoms with Gasteiger partial charge in [0.15, 0.2) is 5.82 Å². The van der Waals surface area contributed by atoms with Crippen LogP contribution in [0.25, 0.3) is 0 Å². The molecule has 0 fully saturated rings. The summed E-state index contributed by atoms with van der Waals surface area (Å²) in [5.41, 5.74) is 3.84. The Morgan fingerprint density at radius 1 is 1.19 bits per heavy atom. The van der Waals surface area contributed by atoms with E-state index in [4.69, 9.17) is 4.52 Å². The van der Waals surface area contributed by atoms with Gasteiger partial charge in [0.05, 0.1) is 0 Å². The highest BCUT2D eigenvalue weighted by Crippen LogP contribution is 2.13. The number of rotatable bonds is 7. The summed E-state index contributed by atoms with van der Waals surface area (Å²) in [5.74, 6) is 1.49. The van der Waals surface area contributed by atoms with Gasteiger partial charge in [0.1, 0.15) is 0 Å². The van der Waals surface area contributed by atoms with E-state index in [1.807, 2.05) is 0 Å². The van der Waals surface area contributed by atoms with Crippen molar-refractivity contribution in [1.82, 2.24) is 15.5 Å². The molecule has 21 heavy (non-hydrogen) atoms. The van der Waals surface area contributed by atoms with E-state index in [2.05, 4.69) is 61.4 Å². The predicted octanol–water partition coefficient (Wildman–Crippen LogP) is 3.21. The first-order chi connectivity index (χ1) is 10.1. The van der Waals surface area contributed by atoms with Gasteiger partial charge in [-0.25, -0.2) is 0 Å². The maximum atomic E-state index is 5.37. The number of aryl methyl sites for hydroxylation is 2. The second kappa shape index (κ2) is 7.36. The molecule has 4 nitrogen and oxygen atoms in total. The van der Waals surface area contributed by atoms with Crippen molar-refractivity contribution in [2.45, 2.75) is 53.0 Å². The monoisotopic (exact) mass is 287 g/mol. The van der Waals surface area contributed by atoms with Crippen LogP contribution in [0.1, 0.15) is 48.7 Å². The summed E-state index contributed by atoms with van der Waals surface area (Å²) in [6, 6.07) is 6.87. The number of likely N-dealkylation sites (N-methyl/N-ethyl adjacent to an activating group) is 1. The molecule has 2 rings (SSSR count). The normalized spacial score (nSPS) is 12.6. The summed E-state index contributed by atoms with van der Waals surface area (Å²) in [5, 5.41) is 7.52. The molecule has 0 saturated heterocycles. The maximum Gasteiger partial charge on any atom is 0.228 e. The third kappa shape index (κ3) is 4.39. The molecule has 0 spiro atoms. The highest BCUT2D eigenvalue weighted by atomic mass is 16.5. The van der Waals surface area contributed by atoms with E-state index in [1.165, 1.54) is 16.7 Å². The topological polar surface area (TPSA) is 51.0 Å². The second-order valence-corrected chi connectivity index (χ2v) is 5.57. The third-order valence-corrected chi connectivity index (χ3v) is 3.85. The van der Waals surface area contributed by atoms with Crippen molar-refractivity contribution in [2.24, 2.45) is 0 Å². The molecule has 1 heterocycles. The van der Waals surface area contributed by atoms with Crippen LogP contribution in [0.3, 0.4) is 0 Å². The third-order valence-electron chi connectivity index (χ3n) is 3.85. The van der Waals surface area contributed by atoms with Crippen LogP contribution in [0.2, 0.25) is 0 Å². The van der Waals surface area contributed by atoms with Crippen LogP contribution >= 0.6 is 0 Å². The Kier molecular flexibility index (Phi) is 5.51. The average Bonchev–Trinajstić information content (AvgIpc) is 2.89. The molecule has 1 atom stereocenters. The summed E-state index contributed by atoms with van der Waals surface area (Å²) >= 11 is 0. The molecule has 0 amide bonds. The first-order valence-electron chi connectivity index (χ1n) is 7.73. The quantitative estimate of drug-likeness (QED) is 0.849. The number of aromatic nitrogens is 2. The maximum absolute atomic E-state index is 5.37. The smallest absolute Gasteiger partial charge is 0.228 e. The fourth-order valence-electron chi connectivity index (χ4n) is 2.40. The van der Waals surface area contributed by atoms with E-state index in [9.17, 15) is 0 Å². The lowest BCUT2D eigenvalue weighted by molar-refractivity contribution is 0.352. The Morgan fingerprint density at radius 2 is 2.00 bits per heavy atom. The number of nitrogens with zero attached hydrogens (tertiary/aromatic N) is 2. The van der Waals surface area contributed by atoms with Crippen LogP contribution in [-0.2, 0) is 12.8 Å². The molecule has 0 aliphatic carbocycles. The first-order valence-corrected chi connectivity index (χ1v) is 7.73. The molecular weight excluding hydrogens is 262 g/mol. The van der Waals surface area contributed by atoms with Crippen molar-refractivity contribution in [3.63, 3.8) is 0 Å². The zero-order valence-electron chi connectivity index (χ0n) is 13.4. The molecule has 1 unspecified atom stereocenters. The molecule has 1 aromatic carbocycles. The zero-order chi connectivity index (χ0) is 15.2. The van der Waals surface area contributed by atoms with E-state index in [1.54, 1.807) is 0 Å². The van der Waals surface area contributed by atoms with Crippen LogP contribution < -0.4 is 5.32 Å².